The van der Waals surface area contributed by atoms with Crippen molar-refractivity contribution in [3.05, 3.63) is 65.5 Å². The number of halogens is 2. The topological polar surface area (TPSA) is 40.5 Å². The second-order valence-electron chi connectivity index (χ2n) is 5.07. The molecule has 108 valence electrons. The van der Waals surface area contributed by atoms with Crippen LogP contribution in [0.15, 0.2) is 48.5 Å². The second kappa shape index (κ2) is 5.37. The van der Waals surface area contributed by atoms with Gasteiger partial charge < -0.3 is 5.11 Å². The maximum atomic E-state index is 13.5. The number of carboxylic acids is 1. The molecule has 0 bridgehead atoms. The van der Waals surface area contributed by atoms with Gasteiger partial charge in [0.25, 0.3) is 0 Å². The quantitative estimate of drug-likeness (QED) is 0.859. The van der Waals surface area contributed by atoms with Crippen molar-refractivity contribution in [2.45, 2.75) is 18.4 Å². The molecule has 1 N–H and O–H groups in total. The molecular formula is C16H13ClFNO2. The monoisotopic (exact) mass is 305 g/mol. The Labute approximate surface area is 126 Å². The summed E-state index contributed by atoms with van der Waals surface area (Å²) in [6, 6.07) is 12.8. The highest BCUT2D eigenvalue weighted by Crippen LogP contribution is 2.42. The number of para-hydroxylation sites is 1. The lowest BCUT2D eigenvalue weighted by Crippen LogP contribution is -2.40. The second-order valence-corrected chi connectivity index (χ2v) is 5.43. The van der Waals surface area contributed by atoms with Gasteiger partial charge in [-0.05, 0) is 35.7 Å². The molecule has 0 saturated heterocycles. The Bertz CT molecular complexity index is 691. The summed E-state index contributed by atoms with van der Waals surface area (Å²) < 4.78 is 14.7. The first-order valence-electron chi connectivity index (χ1n) is 6.60. The highest BCUT2D eigenvalue weighted by atomic mass is 35.5. The minimum absolute atomic E-state index is 0.187. The van der Waals surface area contributed by atoms with E-state index in [4.69, 9.17) is 11.8 Å². The Kier molecular flexibility index (Phi) is 3.55. The minimum Gasteiger partial charge on any atom is -0.480 e. The molecule has 2 atom stereocenters. The van der Waals surface area contributed by atoms with E-state index < -0.39 is 12.0 Å². The Balaban J connectivity index is 2.12. The molecule has 0 aliphatic carbocycles. The largest absolute Gasteiger partial charge is 0.480 e. The number of benzene rings is 2. The van der Waals surface area contributed by atoms with E-state index >= 15 is 0 Å². The fraction of sp³-hybridized carbons (Fsp3) is 0.188. The van der Waals surface area contributed by atoms with Crippen LogP contribution in [0.25, 0.3) is 0 Å². The third-order valence-corrected chi connectivity index (χ3v) is 4.23. The molecule has 0 fully saturated rings. The average Bonchev–Trinajstić information content (AvgIpc) is 2.47. The maximum Gasteiger partial charge on any atom is 0.327 e. The molecule has 0 saturated carbocycles. The fourth-order valence-corrected chi connectivity index (χ4v) is 3.14. The lowest BCUT2D eigenvalue weighted by atomic mass is 9.82. The molecule has 2 unspecified atom stereocenters. The maximum absolute atomic E-state index is 13.5. The number of hydrogen-bond donors (Lipinski definition) is 1. The molecule has 21 heavy (non-hydrogen) atoms. The number of nitrogens with zero attached hydrogens (tertiary/aromatic N) is 1. The number of hydrogen-bond acceptors (Lipinski definition) is 2. The summed E-state index contributed by atoms with van der Waals surface area (Å²) in [5.74, 6) is -1.50. The number of fused-ring (bicyclic) bond motifs is 1. The van der Waals surface area contributed by atoms with Crippen LogP contribution in [0.3, 0.4) is 0 Å². The molecule has 3 nitrogen and oxygen atoms in total. The summed E-state index contributed by atoms with van der Waals surface area (Å²) in [4.78, 5) is 11.4. The van der Waals surface area contributed by atoms with Crippen molar-refractivity contribution in [2.75, 3.05) is 4.42 Å². The van der Waals surface area contributed by atoms with Crippen LogP contribution in [0.2, 0.25) is 0 Å². The molecule has 0 radical (unpaired) electrons. The van der Waals surface area contributed by atoms with Crippen LogP contribution in [-0.4, -0.2) is 17.1 Å². The third-order valence-electron chi connectivity index (χ3n) is 3.81. The predicted octanol–water partition coefficient (Wildman–Crippen LogP) is 3.77. The Morgan fingerprint density at radius 1 is 1.24 bits per heavy atom. The van der Waals surface area contributed by atoms with Crippen LogP contribution in [-0.2, 0) is 4.79 Å². The zero-order valence-electron chi connectivity index (χ0n) is 11.0. The number of carboxylic acid groups (broad SMARTS) is 1. The molecule has 1 aliphatic rings. The number of anilines is 1. The van der Waals surface area contributed by atoms with E-state index in [0.29, 0.717) is 12.1 Å². The SMILES string of the molecule is O=C(O)C1CC(c2cccc(F)c2)c2ccccc2N1Cl. The summed E-state index contributed by atoms with van der Waals surface area (Å²) in [5.41, 5.74) is 2.33. The van der Waals surface area contributed by atoms with Gasteiger partial charge in [-0.3, -0.25) is 4.42 Å². The van der Waals surface area contributed by atoms with Gasteiger partial charge in [-0.2, -0.15) is 0 Å². The van der Waals surface area contributed by atoms with E-state index in [1.165, 1.54) is 16.6 Å². The molecule has 2 aromatic carbocycles. The van der Waals surface area contributed by atoms with E-state index in [1.54, 1.807) is 18.2 Å². The summed E-state index contributed by atoms with van der Waals surface area (Å²) in [5, 5.41) is 9.35. The molecule has 5 heteroatoms. The number of aliphatic carboxylic acids is 1. The molecule has 0 amide bonds. The summed E-state index contributed by atoms with van der Waals surface area (Å²) >= 11 is 6.17. The van der Waals surface area contributed by atoms with Crippen molar-refractivity contribution in [2.24, 2.45) is 0 Å². The van der Waals surface area contributed by atoms with Crippen LogP contribution in [0.5, 0.6) is 0 Å². The van der Waals surface area contributed by atoms with Crippen LogP contribution < -0.4 is 4.42 Å². The van der Waals surface area contributed by atoms with Gasteiger partial charge in [0.05, 0.1) is 5.69 Å². The van der Waals surface area contributed by atoms with E-state index in [2.05, 4.69) is 0 Å². The normalized spacial score (nSPS) is 21.0. The summed E-state index contributed by atoms with van der Waals surface area (Å²) in [7, 11) is 0. The lowest BCUT2D eigenvalue weighted by Gasteiger charge is -2.35. The summed E-state index contributed by atoms with van der Waals surface area (Å²) in [6.45, 7) is 0. The van der Waals surface area contributed by atoms with E-state index in [0.717, 1.165) is 11.1 Å². The molecule has 1 aliphatic heterocycles. The van der Waals surface area contributed by atoms with Crippen molar-refractivity contribution in [3.8, 4) is 0 Å². The molecule has 3 rings (SSSR count). The first kappa shape index (κ1) is 13.9. The predicted molar refractivity (Wildman–Crippen MR) is 79.1 cm³/mol. The standard InChI is InChI=1S/C16H13ClFNO2/c17-19-14-7-2-1-6-12(14)13(9-15(19)16(20)21)10-4-3-5-11(18)8-10/h1-8,13,15H,9H2,(H,20,21). The molecule has 0 aromatic heterocycles. The van der Waals surface area contributed by atoms with Crippen LogP contribution in [0.4, 0.5) is 10.1 Å². The van der Waals surface area contributed by atoms with E-state index in [9.17, 15) is 14.3 Å². The van der Waals surface area contributed by atoms with Crippen molar-refractivity contribution in [1.82, 2.24) is 0 Å². The Hall–Kier alpha value is -2.07. The number of rotatable bonds is 2. The van der Waals surface area contributed by atoms with Gasteiger partial charge in [0, 0.05) is 17.7 Å². The van der Waals surface area contributed by atoms with Crippen molar-refractivity contribution < 1.29 is 14.3 Å². The van der Waals surface area contributed by atoms with Crippen molar-refractivity contribution >= 4 is 23.4 Å². The minimum atomic E-state index is -0.985. The smallest absolute Gasteiger partial charge is 0.327 e. The first-order valence-corrected chi connectivity index (χ1v) is 6.94. The van der Waals surface area contributed by atoms with Gasteiger partial charge in [0.1, 0.15) is 11.9 Å². The Morgan fingerprint density at radius 2 is 2.00 bits per heavy atom. The molecular weight excluding hydrogens is 293 g/mol. The van der Waals surface area contributed by atoms with Crippen molar-refractivity contribution in [1.29, 1.82) is 0 Å². The van der Waals surface area contributed by atoms with Gasteiger partial charge in [-0.1, -0.05) is 30.3 Å². The zero-order chi connectivity index (χ0) is 15.0. The first-order chi connectivity index (χ1) is 10.1. The third kappa shape index (κ3) is 2.47. The van der Waals surface area contributed by atoms with E-state index in [-0.39, 0.29) is 11.7 Å². The average molecular weight is 306 g/mol. The lowest BCUT2D eigenvalue weighted by molar-refractivity contribution is -0.138. The fourth-order valence-electron chi connectivity index (χ4n) is 2.82. The van der Waals surface area contributed by atoms with Gasteiger partial charge in [-0.15, -0.1) is 0 Å². The zero-order valence-corrected chi connectivity index (χ0v) is 11.8. The van der Waals surface area contributed by atoms with Crippen LogP contribution in [0, 0.1) is 5.82 Å². The van der Waals surface area contributed by atoms with Crippen LogP contribution >= 0.6 is 11.8 Å². The van der Waals surface area contributed by atoms with E-state index in [1.807, 2.05) is 18.2 Å². The summed E-state index contributed by atoms with van der Waals surface area (Å²) in [6.07, 6.45) is 0.305. The molecule has 2 aromatic rings. The van der Waals surface area contributed by atoms with Gasteiger partial charge in [0.15, 0.2) is 0 Å². The van der Waals surface area contributed by atoms with Gasteiger partial charge in [0.2, 0.25) is 0 Å². The van der Waals surface area contributed by atoms with Crippen molar-refractivity contribution in [3.63, 3.8) is 0 Å². The molecule has 0 spiro atoms. The molecule has 1 heterocycles. The Morgan fingerprint density at radius 3 is 2.71 bits per heavy atom. The number of carbonyl (C=O) groups is 1. The van der Waals surface area contributed by atoms with Crippen LogP contribution in [0.1, 0.15) is 23.5 Å². The van der Waals surface area contributed by atoms with Gasteiger partial charge >= 0.3 is 5.97 Å². The van der Waals surface area contributed by atoms with Gasteiger partial charge in [-0.25, -0.2) is 9.18 Å². The highest BCUT2D eigenvalue weighted by molar-refractivity contribution is 6.28. The highest BCUT2D eigenvalue weighted by Gasteiger charge is 2.36.